The van der Waals surface area contributed by atoms with Gasteiger partial charge in [0.1, 0.15) is 5.69 Å². The highest BCUT2D eigenvalue weighted by molar-refractivity contribution is 5.53. The Morgan fingerprint density at radius 3 is 3.00 bits per heavy atom. The Hall–Kier alpha value is -1.75. The average molecular weight is 232 g/mol. The molecule has 5 heteroatoms. The first-order chi connectivity index (χ1) is 8.22. The molecule has 0 aliphatic rings. The Balaban J connectivity index is 2.27. The summed E-state index contributed by atoms with van der Waals surface area (Å²) in [5.41, 5.74) is 7.68. The highest BCUT2D eigenvalue weighted by atomic mass is 16.5. The zero-order chi connectivity index (χ0) is 12.3. The number of hydrogen-bond donors (Lipinski definition) is 1. The van der Waals surface area contributed by atoms with Gasteiger partial charge >= 0.3 is 0 Å². The Kier molecular flexibility index (Phi) is 3.49. The van der Waals surface area contributed by atoms with E-state index in [9.17, 15) is 0 Å². The molecule has 0 amide bonds. The molecule has 0 aliphatic carbocycles. The van der Waals surface area contributed by atoms with Gasteiger partial charge in [-0.2, -0.15) is 4.98 Å². The Morgan fingerprint density at radius 2 is 2.29 bits per heavy atom. The van der Waals surface area contributed by atoms with E-state index < -0.39 is 0 Å². The van der Waals surface area contributed by atoms with Gasteiger partial charge in [0.05, 0.1) is 6.04 Å². The average Bonchev–Trinajstić information content (AvgIpc) is 2.79. The summed E-state index contributed by atoms with van der Waals surface area (Å²) in [5.74, 6) is 0.983. The monoisotopic (exact) mass is 232 g/mol. The lowest BCUT2D eigenvalue weighted by Crippen LogP contribution is -2.09. The van der Waals surface area contributed by atoms with Gasteiger partial charge in [-0.25, -0.2) is 0 Å². The van der Waals surface area contributed by atoms with Crippen molar-refractivity contribution in [3.8, 4) is 11.5 Å². The zero-order valence-corrected chi connectivity index (χ0v) is 10.1. The lowest BCUT2D eigenvalue weighted by Gasteiger charge is -2.02. The molecule has 0 fully saturated rings. The van der Waals surface area contributed by atoms with E-state index in [4.69, 9.17) is 10.3 Å². The van der Waals surface area contributed by atoms with Crippen LogP contribution in [0.5, 0.6) is 0 Å². The van der Waals surface area contributed by atoms with E-state index in [0.29, 0.717) is 11.7 Å². The number of aryl methyl sites for hydroxylation is 1. The summed E-state index contributed by atoms with van der Waals surface area (Å²) in [7, 11) is 0. The molecule has 90 valence electrons. The molecule has 17 heavy (non-hydrogen) atoms. The lowest BCUT2D eigenvalue weighted by atomic mass is 10.2. The van der Waals surface area contributed by atoms with Crippen molar-refractivity contribution in [1.82, 2.24) is 15.1 Å². The smallest absolute Gasteiger partial charge is 0.243 e. The van der Waals surface area contributed by atoms with Gasteiger partial charge in [0, 0.05) is 6.20 Å². The van der Waals surface area contributed by atoms with E-state index in [1.807, 2.05) is 19.1 Å². The standard InChI is InChI=1S/C12H16N4O/c1-3-5-9(13)12-15-11(16-17-12)10-8(2)6-4-7-14-10/h4,6-7,9H,3,5,13H2,1-2H3. The van der Waals surface area contributed by atoms with Crippen molar-refractivity contribution in [1.29, 1.82) is 0 Å². The normalized spacial score (nSPS) is 12.6. The highest BCUT2D eigenvalue weighted by Crippen LogP contribution is 2.20. The molecule has 0 saturated heterocycles. The van der Waals surface area contributed by atoms with Gasteiger partial charge in [0.25, 0.3) is 0 Å². The van der Waals surface area contributed by atoms with E-state index in [1.54, 1.807) is 6.20 Å². The first-order valence-corrected chi connectivity index (χ1v) is 5.73. The summed E-state index contributed by atoms with van der Waals surface area (Å²) in [6.45, 7) is 4.03. The topological polar surface area (TPSA) is 77.8 Å². The molecule has 1 atom stereocenters. The fraction of sp³-hybridized carbons (Fsp3) is 0.417. The van der Waals surface area contributed by atoms with Gasteiger partial charge in [-0.1, -0.05) is 24.6 Å². The van der Waals surface area contributed by atoms with Crippen LogP contribution in [-0.2, 0) is 0 Å². The molecule has 2 aromatic rings. The Labute approximate surface area is 100 Å². The van der Waals surface area contributed by atoms with Crippen LogP contribution in [0.25, 0.3) is 11.5 Å². The molecule has 2 aromatic heterocycles. The van der Waals surface area contributed by atoms with Crippen LogP contribution in [0.2, 0.25) is 0 Å². The van der Waals surface area contributed by atoms with Crippen molar-refractivity contribution in [3.05, 3.63) is 29.8 Å². The third-order valence-corrected chi connectivity index (χ3v) is 2.58. The highest BCUT2D eigenvalue weighted by Gasteiger charge is 2.16. The van der Waals surface area contributed by atoms with E-state index in [2.05, 4.69) is 22.0 Å². The SMILES string of the molecule is CCCC(N)c1nc(-c2ncccc2C)no1. The van der Waals surface area contributed by atoms with Gasteiger partial charge in [-0.05, 0) is 25.0 Å². The van der Waals surface area contributed by atoms with Crippen LogP contribution >= 0.6 is 0 Å². The van der Waals surface area contributed by atoms with Crippen molar-refractivity contribution < 1.29 is 4.52 Å². The maximum absolute atomic E-state index is 5.92. The summed E-state index contributed by atoms with van der Waals surface area (Å²) in [6, 6.07) is 3.65. The van der Waals surface area contributed by atoms with Gasteiger partial charge in [-0.15, -0.1) is 0 Å². The molecule has 2 rings (SSSR count). The van der Waals surface area contributed by atoms with Crippen molar-refractivity contribution in [3.63, 3.8) is 0 Å². The minimum atomic E-state index is -0.190. The van der Waals surface area contributed by atoms with Crippen LogP contribution in [0.4, 0.5) is 0 Å². The number of nitrogens with two attached hydrogens (primary N) is 1. The molecule has 2 heterocycles. The molecular formula is C12H16N4O. The van der Waals surface area contributed by atoms with Crippen LogP contribution in [0.15, 0.2) is 22.9 Å². The maximum Gasteiger partial charge on any atom is 0.243 e. The van der Waals surface area contributed by atoms with Gasteiger partial charge in [-0.3, -0.25) is 4.98 Å². The van der Waals surface area contributed by atoms with Gasteiger partial charge < -0.3 is 10.3 Å². The minimum absolute atomic E-state index is 0.190. The Bertz CT molecular complexity index is 495. The first-order valence-electron chi connectivity index (χ1n) is 5.73. The van der Waals surface area contributed by atoms with Crippen LogP contribution < -0.4 is 5.73 Å². The summed E-state index contributed by atoms with van der Waals surface area (Å²) >= 11 is 0. The molecule has 0 bridgehead atoms. The third kappa shape index (κ3) is 2.50. The minimum Gasteiger partial charge on any atom is -0.337 e. The number of pyridine rings is 1. The molecule has 0 aromatic carbocycles. The summed E-state index contributed by atoms with van der Waals surface area (Å²) in [5, 5.41) is 3.92. The Morgan fingerprint density at radius 1 is 1.47 bits per heavy atom. The largest absolute Gasteiger partial charge is 0.337 e. The predicted molar refractivity (Wildman–Crippen MR) is 64.1 cm³/mol. The maximum atomic E-state index is 5.92. The van der Waals surface area contributed by atoms with E-state index in [-0.39, 0.29) is 6.04 Å². The molecule has 0 aliphatic heterocycles. The third-order valence-electron chi connectivity index (χ3n) is 2.58. The second-order valence-electron chi connectivity index (χ2n) is 4.02. The van der Waals surface area contributed by atoms with E-state index in [1.165, 1.54) is 0 Å². The number of aromatic nitrogens is 3. The van der Waals surface area contributed by atoms with Crippen molar-refractivity contribution in [2.24, 2.45) is 5.73 Å². The second kappa shape index (κ2) is 5.05. The molecule has 0 spiro atoms. The van der Waals surface area contributed by atoms with E-state index >= 15 is 0 Å². The zero-order valence-electron chi connectivity index (χ0n) is 10.1. The predicted octanol–water partition coefficient (Wildman–Crippen LogP) is 2.24. The summed E-state index contributed by atoms with van der Waals surface area (Å²) in [6.07, 6.45) is 3.54. The van der Waals surface area contributed by atoms with Gasteiger partial charge in [0.2, 0.25) is 11.7 Å². The second-order valence-corrected chi connectivity index (χ2v) is 4.02. The number of hydrogen-bond acceptors (Lipinski definition) is 5. The lowest BCUT2D eigenvalue weighted by molar-refractivity contribution is 0.348. The number of rotatable bonds is 4. The van der Waals surface area contributed by atoms with E-state index in [0.717, 1.165) is 24.1 Å². The molecule has 1 unspecified atom stereocenters. The summed E-state index contributed by atoms with van der Waals surface area (Å²) < 4.78 is 5.16. The summed E-state index contributed by atoms with van der Waals surface area (Å²) in [4.78, 5) is 8.54. The molecule has 0 radical (unpaired) electrons. The van der Waals surface area contributed by atoms with Crippen LogP contribution in [-0.4, -0.2) is 15.1 Å². The van der Waals surface area contributed by atoms with Gasteiger partial charge in [0.15, 0.2) is 0 Å². The fourth-order valence-corrected chi connectivity index (χ4v) is 1.64. The molecule has 0 saturated carbocycles. The molecular weight excluding hydrogens is 216 g/mol. The first kappa shape index (κ1) is 11.7. The quantitative estimate of drug-likeness (QED) is 0.874. The fourth-order valence-electron chi connectivity index (χ4n) is 1.64. The number of nitrogens with zero attached hydrogens (tertiary/aromatic N) is 3. The van der Waals surface area contributed by atoms with Crippen molar-refractivity contribution >= 4 is 0 Å². The molecule has 5 nitrogen and oxygen atoms in total. The van der Waals surface area contributed by atoms with Crippen LogP contribution in [0.3, 0.4) is 0 Å². The molecule has 2 N–H and O–H groups in total. The van der Waals surface area contributed by atoms with Crippen LogP contribution in [0.1, 0.15) is 37.3 Å². The van der Waals surface area contributed by atoms with Crippen LogP contribution in [0, 0.1) is 6.92 Å². The van der Waals surface area contributed by atoms with Crippen molar-refractivity contribution in [2.75, 3.05) is 0 Å². The van der Waals surface area contributed by atoms with Crippen molar-refractivity contribution in [2.45, 2.75) is 32.7 Å².